The third-order valence-electron chi connectivity index (χ3n) is 2.85. The van der Waals surface area contributed by atoms with Crippen LogP contribution in [0.15, 0.2) is 36.4 Å². The minimum atomic E-state index is -0.623. The van der Waals surface area contributed by atoms with Crippen LogP contribution in [0.4, 0.5) is 0 Å². The summed E-state index contributed by atoms with van der Waals surface area (Å²) in [4.78, 5) is 36.2. The Morgan fingerprint density at radius 1 is 1.19 bits per heavy atom. The number of Topliss-reactive ketones (excluding diaryl/α,β-unsaturated/α-hetero) is 1. The van der Waals surface area contributed by atoms with E-state index in [4.69, 9.17) is 4.74 Å². The summed E-state index contributed by atoms with van der Waals surface area (Å²) in [5, 5.41) is 0. The van der Waals surface area contributed by atoms with Crippen LogP contribution in [0.5, 0.6) is 0 Å². The Hall–Kier alpha value is -2.27. The lowest BCUT2D eigenvalue weighted by molar-refractivity contribution is -0.138. The van der Waals surface area contributed by atoms with E-state index in [1.807, 2.05) is 30.3 Å². The highest BCUT2D eigenvalue weighted by atomic mass is 16.5. The summed E-state index contributed by atoms with van der Waals surface area (Å²) in [5.41, 5.74) is 0.835. The predicted octanol–water partition coefficient (Wildman–Crippen LogP) is 1.33. The zero-order chi connectivity index (χ0) is 15.7. The third kappa shape index (κ3) is 6.14. The number of rotatable bonds is 8. The minimum absolute atomic E-state index is 0.226. The van der Waals surface area contributed by atoms with Crippen molar-refractivity contribution in [1.82, 2.24) is 4.90 Å². The van der Waals surface area contributed by atoms with Crippen molar-refractivity contribution in [3.05, 3.63) is 42.0 Å². The molecule has 0 spiro atoms. The van der Waals surface area contributed by atoms with E-state index in [1.165, 1.54) is 25.0 Å². The highest BCUT2D eigenvalue weighted by Gasteiger charge is 2.17. The molecule has 21 heavy (non-hydrogen) atoms. The minimum Gasteiger partial charge on any atom is -0.383 e. The van der Waals surface area contributed by atoms with Crippen molar-refractivity contribution in [2.45, 2.75) is 6.92 Å². The molecule has 0 radical (unpaired) electrons. The molecular weight excluding hydrogens is 270 g/mol. The monoisotopic (exact) mass is 289 g/mol. The summed E-state index contributed by atoms with van der Waals surface area (Å²) in [6.07, 6.45) is 2.81. The van der Waals surface area contributed by atoms with Crippen molar-refractivity contribution < 1.29 is 19.1 Å². The Kier molecular flexibility index (Phi) is 7.04. The van der Waals surface area contributed by atoms with E-state index in [9.17, 15) is 14.4 Å². The summed E-state index contributed by atoms with van der Waals surface area (Å²) >= 11 is 0. The van der Waals surface area contributed by atoms with Crippen molar-refractivity contribution >= 4 is 23.5 Å². The first-order valence-corrected chi connectivity index (χ1v) is 6.59. The molecule has 0 atom stereocenters. The molecule has 0 bridgehead atoms. The number of carbonyl (C=O) groups excluding carboxylic acids is 3. The first-order valence-electron chi connectivity index (χ1n) is 6.59. The number of hydrogen-bond donors (Lipinski definition) is 0. The summed E-state index contributed by atoms with van der Waals surface area (Å²) in [6, 6.07) is 9.21. The van der Waals surface area contributed by atoms with Gasteiger partial charge in [-0.1, -0.05) is 36.4 Å². The molecule has 1 aromatic carbocycles. The van der Waals surface area contributed by atoms with E-state index in [-0.39, 0.29) is 19.0 Å². The van der Waals surface area contributed by atoms with Gasteiger partial charge in [0.15, 0.2) is 0 Å². The van der Waals surface area contributed by atoms with Crippen LogP contribution in [0.25, 0.3) is 6.08 Å². The second-order valence-corrected chi connectivity index (χ2v) is 4.46. The van der Waals surface area contributed by atoms with E-state index in [2.05, 4.69) is 0 Å². The maximum atomic E-state index is 11.8. The van der Waals surface area contributed by atoms with Crippen LogP contribution >= 0.6 is 0 Å². The van der Waals surface area contributed by atoms with Gasteiger partial charge in [-0.15, -0.1) is 0 Å². The number of hydrogen-bond acceptors (Lipinski definition) is 4. The van der Waals surface area contributed by atoms with Crippen LogP contribution in [0, 0.1) is 0 Å². The van der Waals surface area contributed by atoms with E-state index < -0.39 is 11.6 Å². The molecule has 0 N–H and O–H groups in total. The van der Waals surface area contributed by atoms with Crippen molar-refractivity contribution in [3.8, 4) is 0 Å². The van der Waals surface area contributed by atoms with Crippen molar-refractivity contribution in [2.75, 3.05) is 26.8 Å². The number of ketones is 2. The fraction of sp³-hybridized carbons (Fsp3) is 0.312. The molecule has 0 aliphatic rings. The van der Waals surface area contributed by atoms with Gasteiger partial charge < -0.3 is 9.64 Å². The number of ether oxygens (including phenoxy) is 1. The maximum Gasteiger partial charge on any atom is 0.223 e. The lowest BCUT2D eigenvalue weighted by atomic mass is 10.1. The second-order valence-electron chi connectivity index (χ2n) is 4.46. The predicted molar refractivity (Wildman–Crippen MR) is 79.6 cm³/mol. The Balaban J connectivity index is 2.59. The van der Waals surface area contributed by atoms with Crippen LogP contribution < -0.4 is 0 Å². The Bertz CT molecular complexity index is 522. The smallest absolute Gasteiger partial charge is 0.223 e. The second kappa shape index (κ2) is 8.81. The summed E-state index contributed by atoms with van der Waals surface area (Å²) in [7, 11) is 1.51. The quantitative estimate of drug-likeness (QED) is 0.535. The SMILES string of the molecule is COCCN(CC(=O)C(=O)/C=C/c1ccccc1)C(C)=O. The molecule has 1 amide bonds. The Morgan fingerprint density at radius 3 is 2.43 bits per heavy atom. The van der Waals surface area contributed by atoms with Gasteiger partial charge in [0, 0.05) is 20.6 Å². The maximum absolute atomic E-state index is 11.8. The van der Waals surface area contributed by atoms with Gasteiger partial charge in [-0.3, -0.25) is 14.4 Å². The standard InChI is InChI=1S/C16H19NO4/c1-13(18)17(10-11-21-2)12-16(20)15(19)9-8-14-6-4-3-5-7-14/h3-9H,10-12H2,1-2H3/b9-8+. The van der Waals surface area contributed by atoms with E-state index in [1.54, 1.807) is 6.08 Å². The lowest BCUT2D eigenvalue weighted by Crippen LogP contribution is -2.38. The molecular formula is C16H19NO4. The Labute approximate surface area is 124 Å². The van der Waals surface area contributed by atoms with Crippen LogP contribution in [0.2, 0.25) is 0 Å². The zero-order valence-electron chi connectivity index (χ0n) is 12.2. The number of allylic oxidation sites excluding steroid dienone is 1. The molecule has 112 valence electrons. The van der Waals surface area contributed by atoms with Crippen LogP contribution in [-0.4, -0.2) is 49.2 Å². The topological polar surface area (TPSA) is 63.7 Å². The third-order valence-corrected chi connectivity index (χ3v) is 2.85. The van der Waals surface area contributed by atoms with Gasteiger partial charge >= 0.3 is 0 Å². The molecule has 5 heteroatoms. The molecule has 0 aromatic heterocycles. The molecule has 0 aliphatic carbocycles. The molecule has 0 saturated carbocycles. The van der Waals surface area contributed by atoms with Gasteiger partial charge in [-0.25, -0.2) is 0 Å². The molecule has 0 saturated heterocycles. The fourth-order valence-electron chi connectivity index (χ4n) is 1.63. The van der Waals surface area contributed by atoms with Crippen LogP contribution in [-0.2, 0) is 19.1 Å². The van der Waals surface area contributed by atoms with E-state index >= 15 is 0 Å². The molecule has 1 rings (SSSR count). The average Bonchev–Trinajstić information content (AvgIpc) is 2.49. The highest BCUT2D eigenvalue weighted by Crippen LogP contribution is 2.01. The first-order chi connectivity index (χ1) is 10.0. The normalized spacial score (nSPS) is 10.6. The molecule has 5 nitrogen and oxygen atoms in total. The van der Waals surface area contributed by atoms with Gasteiger partial charge in [-0.2, -0.15) is 0 Å². The number of benzene rings is 1. The number of methoxy groups -OCH3 is 1. The van der Waals surface area contributed by atoms with Gasteiger partial charge in [0.25, 0.3) is 0 Å². The zero-order valence-corrected chi connectivity index (χ0v) is 12.2. The average molecular weight is 289 g/mol. The molecule has 0 unspecified atom stereocenters. The van der Waals surface area contributed by atoms with Gasteiger partial charge in [0.1, 0.15) is 0 Å². The van der Waals surface area contributed by atoms with Crippen molar-refractivity contribution in [2.24, 2.45) is 0 Å². The molecule has 0 heterocycles. The van der Waals surface area contributed by atoms with Gasteiger partial charge in [0.05, 0.1) is 13.2 Å². The fourth-order valence-corrected chi connectivity index (χ4v) is 1.63. The molecule has 1 aromatic rings. The largest absolute Gasteiger partial charge is 0.383 e. The molecule has 0 fully saturated rings. The molecule has 0 aliphatic heterocycles. The van der Waals surface area contributed by atoms with Gasteiger partial charge in [0.2, 0.25) is 17.5 Å². The Morgan fingerprint density at radius 2 is 1.86 bits per heavy atom. The van der Waals surface area contributed by atoms with Crippen molar-refractivity contribution in [3.63, 3.8) is 0 Å². The van der Waals surface area contributed by atoms with Crippen LogP contribution in [0.3, 0.4) is 0 Å². The number of amides is 1. The van der Waals surface area contributed by atoms with Crippen LogP contribution in [0.1, 0.15) is 12.5 Å². The highest BCUT2D eigenvalue weighted by molar-refractivity contribution is 6.43. The van der Waals surface area contributed by atoms with E-state index in [0.29, 0.717) is 6.61 Å². The summed E-state index contributed by atoms with van der Waals surface area (Å²) in [5.74, 6) is -1.50. The number of nitrogens with zero attached hydrogens (tertiary/aromatic N) is 1. The summed E-state index contributed by atoms with van der Waals surface area (Å²) < 4.78 is 4.87. The first kappa shape index (κ1) is 16.8. The lowest BCUT2D eigenvalue weighted by Gasteiger charge is -2.18. The van der Waals surface area contributed by atoms with Gasteiger partial charge in [-0.05, 0) is 11.6 Å². The van der Waals surface area contributed by atoms with Crippen molar-refractivity contribution in [1.29, 1.82) is 0 Å². The van der Waals surface area contributed by atoms with E-state index in [0.717, 1.165) is 5.56 Å². The summed E-state index contributed by atoms with van der Waals surface area (Å²) in [6.45, 7) is 1.73. The number of carbonyl (C=O) groups is 3.